The molecular formula is C16H24N4O8. The minimum atomic E-state index is -0.999. The Morgan fingerprint density at radius 1 is 0.714 bits per heavy atom. The molecule has 2 rings (SSSR count). The molecule has 0 aromatic carbocycles. The average molecular weight is 400 g/mol. The van der Waals surface area contributed by atoms with Crippen LogP contribution in [-0.4, -0.2) is 119 Å². The standard InChI is InChI=1S/C16H24N4O8/c21-12-1-2-13(22)20(12)28-16(27)11-19-7-5-17(9-14(23)24)3-4-18(6-8-19)10-15(25)26/h1-11H2,(H,23,24)(H,25,26). The average Bonchev–Trinajstić information content (AvgIpc) is 2.95. The van der Waals surface area contributed by atoms with E-state index < -0.39 is 29.7 Å². The van der Waals surface area contributed by atoms with Crippen molar-refractivity contribution in [2.24, 2.45) is 0 Å². The fourth-order valence-electron chi connectivity index (χ4n) is 3.01. The summed E-state index contributed by atoms with van der Waals surface area (Å²) in [5.74, 6) is -3.91. The summed E-state index contributed by atoms with van der Waals surface area (Å²) in [6, 6.07) is 0. The number of nitrogens with zero attached hydrogens (tertiary/aromatic N) is 4. The Morgan fingerprint density at radius 3 is 1.43 bits per heavy atom. The van der Waals surface area contributed by atoms with Gasteiger partial charge in [-0.25, -0.2) is 4.79 Å². The second-order valence-electron chi connectivity index (χ2n) is 6.66. The molecule has 0 aliphatic carbocycles. The zero-order valence-electron chi connectivity index (χ0n) is 15.4. The van der Waals surface area contributed by atoms with Crippen molar-refractivity contribution in [3.63, 3.8) is 0 Å². The van der Waals surface area contributed by atoms with Crippen LogP contribution < -0.4 is 0 Å². The number of rotatable bonds is 7. The van der Waals surface area contributed by atoms with Crippen LogP contribution in [0.25, 0.3) is 0 Å². The molecule has 0 aromatic rings. The number of imide groups is 1. The minimum Gasteiger partial charge on any atom is -0.480 e. The topological polar surface area (TPSA) is 148 Å². The number of carbonyl (C=O) groups excluding carboxylic acids is 3. The minimum absolute atomic E-state index is 0.00409. The normalized spacial score (nSPS) is 20.5. The Kier molecular flexibility index (Phi) is 7.84. The van der Waals surface area contributed by atoms with E-state index in [1.165, 1.54) is 0 Å². The van der Waals surface area contributed by atoms with Gasteiger partial charge in [-0.05, 0) is 0 Å². The molecule has 0 aromatic heterocycles. The molecule has 2 fully saturated rings. The lowest BCUT2D eigenvalue weighted by Crippen LogP contribution is -2.42. The van der Waals surface area contributed by atoms with E-state index in [0.717, 1.165) is 0 Å². The Labute approximate surface area is 161 Å². The van der Waals surface area contributed by atoms with Crippen molar-refractivity contribution in [1.29, 1.82) is 0 Å². The number of aliphatic carboxylic acids is 2. The van der Waals surface area contributed by atoms with Crippen LogP contribution in [0.1, 0.15) is 12.8 Å². The highest BCUT2D eigenvalue weighted by molar-refractivity contribution is 6.01. The molecule has 12 nitrogen and oxygen atoms in total. The molecule has 2 amide bonds. The zero-order valence-corrected chi connectivity index (χ0v) is 15.4. The molecule has 0 bridgehead atoms. The van der Waals surface area contributed by atoms with Crippen molar-refractivity contribution < 1.29 is 39.0 Å². The third-order valence-electron chi connectivity index (χ3n) is 4.47. The van der Waals surface area contributed by atoms with Crippen molar-refractivity contribution in [3.05, 3.63) is 0 Å². The highest BCUT2D eigenvalue weighted by Crippen LogP contribution is 2.12. The number of carboxylic acid groups (broad SMARTS) is 2. The van der Waals surface area contributed by atoms with Gasteiger partial charge < -0.3 is 15.1 Å². The first kappa shape index (κ1) is 21.7. The van der Waals surface area contributed by atoms with E-state index >= 15 is 0 Å². The Balaban J connectivity index is 1.97. The molecule has 0 saturated carbocycles. The van der Waals surface area contributed by atoms with Gasteiger partial charge in [-0.2, -0.15) is 0 Å². The zero-order chi connectivity index (χ0) is 20.7. The third kappa shape index (κ3) is 6.87. The summed E-state index contributed by atoms with van der Waals surface area (Å²) in [5, 5.41) is 18.5. The molecule has 12 heteroatoms. The molecule has 2 aliphatic heterocycles. The molecule has 2 saturated heterocycles. The van der Waals surface area contributed by atoms with Gasteiger partial charge >= 0.3 is 17.9 Å². The van der Waals surface area contributed by atoms with Gasteiger partial charge in [0.25, 0.3) is 11.8 Å². The molecule has 2 heterocycles. The first-order valence-electron chi connectivity index (χ1n) is 8.92. The van der Waals surface area contributed by atoms with E-state index in [1.807, 2.05) is 0 Å². The highest BCUT2D eigenvalue weighted by Gasteiger charge is 2.33. The number of amides is 2. The molecule has 28 heavy (non-hydrogen) atoms. The lowest BCUT2D eigenvalue weighted by atomic mass is 10.4. The fraction of sp³-hybridized carbons (Fsp3) is 0.688. The summed E-state index contributed by atoms with van der Waals surface area (Å²) in [5.41, 5.74) is 0. The fourth-order valence-corrected chi connectivity index (χ4v) is 3.01. The van der Waals surface area contributed by atoms with Gasteiger partial charge in [-0.1, -0.05) is 0 Å². The maximum atomic E-state index is 12.1. The largest absolute Gasteiger partial charge is 0.480 e. The summed E-state index contributed by atoms with van der Waals surface area (Å²) in [4.78, 5) is 67.1. The van der Waals surface area contributed by atoms with E-state index in [4.69, 9.17) is 15.1 Å². The first-order valence-corrected chi connectivity index (χ1v) is 8.92. The van der Waals surface area contributed by atoms with Crippen LogP contribution in [-0.2, 0) is 28.8 Å². The van der Waals surface area contributed by atoms with Crippen molar-refractivity contribution in [2.45, 2.75) is 12.8 Å². The number of carboxylic acids is 2. The first-order chi connectivity index (χ1) is 13.2. The van der Waals surface area contributed by atoms with Gasteiger partial charge in [-0.15, -0.1) is 5.06 Å². The molecule has 2 aliphatic rings. The van der Waals surface area contributed by atoms with Gasteiger partial charge in [-0.3, -0.25) is 33.9 Å². The Morgan fingerprint density at radius 2 is 1.07 bits per heavy atom. The molecule has 156 valence electrons. The van der Waals surface area contributed by atoms with Crippen molar-refractivity contribution in [1.82, 2.24) is 19.8 Å². The lowest BCUT2D eigenvalue weighted by molar-refractivity contribution is -0.198. The van der Waals surface area contributed by atoms with Crippen LogP contribution in [0, 0.1) is 0 Å². The van der Waals surface area contributed by atoms with Gasteiger partial charge in [0.1, 0.15) is 0 Å². The third-order valence-corrected chi connectivity index (χ3v) is 4.47. The van der Waals surface area contributed by atoms with Gasteiger partial charge in [0, 0.05) is 52.1 Å². The number of carbonyl (C=O) groups is 5. The van der Waals surface area contributed by atoms with Crippen LogP contribution in [0.4, 0.5) is 0 Å². The predicted octanol–water partition coefficient (Wildman–Crippen LogP) is -2.32. The number of hydrogen-bond donors (Lipinski definition) is 2. The van der Waals surface area contributed by atoms with Crippen LogP contribution in [0.3, 0.4) is 0 Å². The lowest BCUT2D eigenvalue weighted by Gasteiger charge is -2.24. The van der Waals surface area contributed by atoms with Crippen LogP contribution in [0.5, 0.6) is 0 Å². The molecule has 0 radical (unpaired) electrons. The summed E-state index contributed by atoms with van der Waals surface area (Å²) in [6.45, 7) is 1.59. The van der Waals surface area contributed by atoms with Gasteiger partial charge in [0.15, 0.2) is 0 Å². The van der Waals surface area contributed by atoms with E-state index in [9.17, 15) is 24.0 Å². The van der Waals surface area contributed by atoms with E-state index in [1.54, 1.807) is 14.7 Å². The van der Waals surface area contributed by atoms with Crippen molar-refractivity contribution in [3.8, 4) is 0 Å². The van der Waals surface area contributed by atoms with Crippen LogP contribution in [0.15, 0.2) is 0 Å². The van der Waals surface area contributed by atoms with Gasteiger partial charge in [0.05, 0.1) is 19.6 Å². The maximum absolute atomic E-state index is 12.1. The SMILES string of the molecule is O=C(O)CN1CCN(CC(=O)O)CCN(CC(=O)ON2C(=O)CCC2=O)CC1. The second-order valence-corrected chi connectivity index (χ2v) is 6.66. The second kappa shape index (κ2) is 10.1. The maximum Gasteiger partial charge on any atom is 0.347 e. The molecular weight excluding hydrogens is 376 g/mol. The van der Waals surface area contributed by atoms with E-state index in [-0.39, 0.29) is 32.5 Å². The molecule has 0 unspecified atom stereocenters. The van der Waals surface area contributed by atoms with E-state index in [2.05, 4.69) is 0 Å². The van der Waals surface area contributed by atoms with Gasteiger partial charge in [0.2, 0.25) is 0 Å². The predicted molar refractivity (Wildman–Crippen MR) is 91.8 cm³/mol. The summed E-state index contributed by atoms with van der Waals surface area (Å²) >= 11 is 0. The summed E-state index contributed by atoms with van der Waals surface area (Å²) in [6.07, 6.45) is 0.00818. The Hall–Kier alpha value is -2.57. The highest BCUT2D eigenvalue weighted by atomic mass is 16.7. The van der Waals surface area contributed by atoms with Crippen LogP contribution >= 0.6 is 0 Å². The molecule has 0 atom stereocenters. The number of hydrogen-bond acceptors (Lipinski definition) is 9. The molecule has 0 spiro atoms. The summed E-state index contributed by atoms with van der Waals surface area (Å²) in [7, 11) is 0. The summed E-state index contributed by atoms with van der Waals surface area (Å²) < 4.78 is 0. The molecule has 2 N–H and O–H groups in total. The van der Waals surface area contributed by atoms with Crippen molar-refractivity contribution >= 4 is 29.7 Å². The van der Waals surface area contributed by atoms with Crippen LogP contribution in [0.2, 0.25) is 0 Å². The van der Waals surface area contributed by atoms with Crippen molar-refractivity contribution in [2.75, 3.05) is 58.9 Å². The quantitative estimate of drug-likeness (QED) is 0.444. The smallest absolute Gasteiger partial charge is 0.347 e. The Bertz CT molecular complexity index is 596. The number of hydroxylamine groups is 2. The monoisotopic (exact) mass is 400 g/mol. The van der Waals surface area contributed by atoms with E-state index in [0.29, 0.717) is 44.3 Å².